The van der Waals surface area contributed by atoms with Crippen LogP contribution in [-0.2, 0) is 19.1 Å². The van der Waals surface area contributed by atoms with Gasteiger partial charge in [0.1, 0.15) is 12.2 Å². The number of esters is 2. The molecule has 1 heterocycles. The average Bonchev–Trinajstić information content (AvgIpc) is 2.56. The van der Waals surface area contributed by atoms with Gasteiger partial charge in [0, 0.05) is 19.3 Å². The van der Waals surface area contributed by atoms with Crippen molar-refractivity contribution in [1.29, 1.82) is 0 Å². The number of rotatable bonds is 4. The molecule has 1 saturated heterocycles. The summed E-state index contributed by atoms with van der Waals surface area (Å²) >= 11 is 0. The Kier molecular flexibility index (Phi) is 5.27. The Morgan fingerprint density at radius 1 is 1.50 bits per heavy atom. The molecule has 0 aromatic heterocycles. The van der Waals surface area contributed by atoms with Gasteiger partial charge in [0.15, 0.2) is 0 Å². The predicted molar refractivity (Wildman–Crippen MR) is 80.9 cm³/mol. The minimum absolute atomic E-state index is 0.0595. The SMILES string of the molecule is CC(=O)O[C@@H](C[C@H](C)O)C1=CC[C@@H]2C(C)C(=O)O[C@@H]2C[C@@H]1C. The molecule has 1 unspecified atom stereocenters. The van der Waals surface area contributed by atoms with Crippen LogP contribution in [0.2, 0.25) is 0 Å². The number of carbonyl (C=O) groups is 2. The van der Waals surface area contributed by atoms with E-state index in [0.29, 0.717) is 6.42 Å². The molecule has 1 fully saturated rings. The van der Waals surface area contributed by atoms with E-state index in [1.807, 2.05) is 6.92 Å². The maximum absolute atomic E-state index is 11.7. The Hall–Kier alpha value is -1.36. The Morgan fingerprint density at radius 3 is 2.77 bits per heavy atom. The number of carbonyl (C=O) groups excluding carboxylic acids is 2. The number of ether oxygens (including phenoxy) is 2. The van der Waals surface area contributed by atoms with E-state index in [2.05, 4.69) is 13.0 Å². The van der Waals surface area contributed by atoms with Gasteiger partial charge in [-0.2, -0.15) is 0 Å². The lowest BCUT2D eigenvalue weighted by Crippen LogP contribution is -2.27. The minimum atomic E-state index is -0.544. The summed E-state index contributed by atoms with van der Waals surface area (Å²) in [6, 6.07) is 0. The van der Waals surface area contributed by atoms with Gasteiger partial charge in [-0.3, -0.25) is 9.59 Å². The van der Waals surface area contributed by atoms with Gasteiger partial charge in [-0.15, -0.1) is 0 Å². The minimum Gasteiger partial charge on any atom is -0.462 e. The van der Waals surface area contributed by atoms with Crippen molar-refractivity contribution in [1.82, 2.24) is 0 Å². The molecule has 0 saturated carbocycles. The fraction of sp³-hybridized carbons (Fsp3) is 0.765. The van der Waals surface area contributed by atoms with Gasteiger partial charge in [0.05, 0.1) is 12.0 Å². The molecule has 1 N–H and O–H groups in total. The zero-order valence-electron chi connectivity index (χ0n) is 13.7. The molecule has 1 aliphatic heterocycles. The van der Waals surface area contributed by atoms with Gasteiger partial charge < -0.3 is 14.6 Å². The number of fused-ring (bicyclic) bond motifs is 1. The van der Waals surface area contributed by atoms with E-state index in [-0.39, 0.29) is 35.8 Å². The zero-order chi connectivity index (χ0) is 16.4. The smallest absolute Gasteiger partial charge is 0.309 e. The van der Waals surface area contributed by atoms with Crippen molar-refractivity contribution < 1.29 is 24.2 Å². The Labute approximate surface area is 131 Å². The fourth-order valence-corrected chi connectivity index (χ4v) is 3.59. The van der Waals surface area contributed by atoms with Gasteiger partial charge in [-0.1, -0.05) is 19.9 Å². The van der Waals surface area contributed by atoms with E-state index >= 15 is 0 Å². The number of allylic oxidation sites excluding steroid dienone is 1. The van der Waals surface area contributed by atoms with E-state index < -0.39 is 12.2 Å². The van der Waals surface area contributed by atoms with Crippen molar-refractivity contribution in [3.8, 4) is 0 Å². The van der Waals surface area contributed by atoms with Crippen LogP contribution in [0.5, 0.6) is 0 Å². The summed E-state index contributed by atoms with van der Waals surface area (Å²) in [6.07, 6.45) is 2.95. The van der Waals surface area contributed by atoms with E-state index in [4.69, 9.17) is 9.47 Å². The zero-order valence-corrected chi connectivity index (χ0v) is 13.7. The van der Waals surface area contributed by atoms with Crippen LogP contribution < -0.4 is 0 Å². The van der Waals surface area contributed by atoms with Gasteiger partial charge in [-0.25, -0.2) is 0 Å². The number of aliphatic hydroxyl groups excluding tert-OH is 1. The highest BCUT2D eigenvalue weighted by molar-refractivity contribution is 5.75. The highest BCUT2D eigenvalue weighted by Crippen LogP contribution is 2.40. The molecule has 2 rings (SSSR count). The van der Waals surface area contributed by atoms with Crippen molar-refractivity contribution in [3.05, 3.63) is 11.6 Å². The Morgan fingerprint density at radius 2 is 2.18 bits per heavy atom. The molecule has 2 aliphatic rings. The second kappa shape index (κ2) is 6.82. The number of hydrogen-bond acceptors (Lipinski definition) is 5. The normalized spacial score (nSPS) is 34.0. The lowest BCUT2D eigenvalue weighted by atomic mass is 9.87. The molecule has 124 valence electrons. The van der Waals surface area contributed by atoms with Crippen molar-refractivity contribution in [2.75, 3.05) is 0 Å². The van der Waals surface area contributed by atoms with E-state index in [0.717, 1.165) is 18.4 Å². The summed E-state index contributed by atoms with van der Waals surface area (Å²) in [5.74, 6) is -0.201. The second-order valence-corrected chi connectivity index (χ2v) is 6.69. The molecule has 0 aromatic rings. The van der Waals surface area contributed by atoms with Crippen molar-refractivity contribution in [2.45, 2.75) is 65.3 Å². The molecule has 22 heavy (non-hydrogen) atoms. The van der Waals surface area contributed by atoms with Crippen LogP contribution in [0, 0.1) is 17.8 Å². The molecule has 0 radical (unpaired) electrons. The molecule has 6 atom stereocenters. The first-order chi connectivity index (χ1) is 10.3. The predicted octanol–water partition coefficient (Wildman–Crippen LogP) is 2.22. The molecule has 1 aliphatic carbocycles. The first kappa shape index (κ1) is 17.0. The summed E-state index contributed by atoms with van der Waals surface area (Å²) in [5, 5.41) is 9.67. The van der Waals surface area contributed by atoms with Crippen LogP contribution >= 0.6 is 0 Å². The standard InChI is InChI=1S/C17H26O5/c1-9-7-15-14(11(3)17(20)22-15)6-5-13(9)16(8-10(2)18)21-12(4)19/h5,9-11,14-16,18H,6-8H2,1-4H3/t9-,10-,11?,14+,15+,16-/m0/s1. The Bertz CT molecular complexity index is 468. The molecule has 0 amide bonds. The van der Waals surface area contributed by atoms with Gasteiger partial charge >= 0.3 is 11.9 Å². The van der Waals surface area contributed by atoms with Crippen LogP contribution in [0.1, 0.15) is 47.0 Å². The summed E-state index contributed by atoms with van der Waals surface area (Å²) in [6.45, 7) is 7.05. The fourth-order valence-electron chi connectivity index (χ4n) is 3.59. The molecule has 5 nitrogen and oxygen atoms in total. The highest BCUT2D eigenvalue weighted by atomic mass is 16.6. The molecular weight excluding hydrogens is 284 g/mol. The first-order valence-electron chi connectivity index (χ1n) is 8.05. The maximum atomic E-state index is 11.7. The largest absolute Gasteiger partial charge is 0.462 e. The third-order valence-electron chi connectivity index (χ3n) is 4.77. The average molecular weight is 310 g/mol. The first-order valence-corrected chi connectivity index (χ1v) is 8.05. The highest BCUT2D eigenvalue weighted by Gasteiger charge is 2.43. The molecular formula is C17H26O5. The van der Waals surface area contributed by atoms with Crippen molar-refractivity contribution in [2.24, 2.45) is 17.8 Å². The van der Waals surface area contributed by atoms with Crippen LogP contribution in [0.4, 0.5) is 0 Å². The van der Waals surface area contributed by atoms with Crippen LogP contribution in [-0.4, -0.2) is 35.4 Å². The monoisotopic (exact) mass is 310 g/mol. The third-order valence-corrected chi connectivity index (χ3v) is 4.77. The van der Waals surface area contributed by atoms with E-state index in [9.17, 15) is 14.7 Å². The lowest BCUT2D eigenvalue weighted by Gasteiger charge is -2.26. The Balaban J connectivity index is 2.19. The van der Waals surface area contributed by atoms with Gasteiger partial charge in [0.25, 0.3) is 0 Å². The quantitative estimate of drug-likeness (QED) is 0.637. The molecule has 0 spiro atoms. The summed E-state index contributed by atoms with van der Waals surface area (Å²) in [4.78, 5) is 23.1. The van der Waals surface area contributed by atoms with Gasteiger partial charge in [-0.05, 0) is 31.3 Å². The lowest BCUT2D eigenvalue weighted by molar-refractivity contribution is -0.145. The summed E-state index contributed by atoms with van der Waals surface area (Å²) < 4.78 is 10.9. The van der Waals surface area contributed by atoms with Gasteiger partial charge in [0.2, 0.25) is 0 Å². The van der Waals surface area contributed by atoms with Crippen LogP contribution in [0.3, 0.4) is 0 Å². The molecule has 5 heteroatoms. The van der Waals surface area contributed by atoms with Crippen LogP contribution in [0.25, 0.3) is 0 Å². The maximum Gasteiger partial charge on any atom is 0.309 e. The van der Waals surface area contributed by atoms with Crippen molar-refractivity contribution in [3.63, 3.8) is 0 Å². The topological polar surface area (TPSA) is 72.8 Å². The van der Waals surface area contributed by atoms with Crippen molar-refractivity contribution >= 4 is 11.9 Å². The van der Waals surface area contributed by atoms with E-state index in [1.165, 1.54) is 6.92 Å². The summed E-state index contributed by atoms with van der Waals surface area (Å²) in [5.41, 5.74) is 1.04. The second-order valence-electron chi connectivity index (χ2n) is 6.69. The third kappa shape index (κ3) is 3.69. The number of hydrogen-bond donors (Lipinski definition) is 1. The summed E-state index contributed by atoms with van der Waals surface area (Å²) in [7, 11) is 0. The van der Waals surface area contributed by atoms with E-state index in [1.54, 1.807) is 6.92 Å². The molecule has 0 bridgehead atoms. The van der Waals surface area contributed by atoms with Crippen LogP contribution in [0.15, 0.2) is 11.6 Å². The molecule has 0 aromatic carbocycles. The number of aliphatic hydroxyl groups is 1.